The molecule has 0 unspecified atom stereocenters. The molecule has 1 heterocycles. The molecule has 3 heteroatoms. The van der Waals surface area contributed by atoms with Crippen molar-refractivity contribution < 1.29 is 0 Å². The molecule has 1 aromatic heterocycles. The SMILES string of the molecule is CN(C)Cc1cc(C#CCN)cs1. The summed E-state index contributed by atoms with van der Waals surface area (Å²) in [5.74, 6) is 5.86. The Morgan fingerprint density at radius 3 is 2.92 bits per heavy atom. The molecule has 1 rings (SSSR count). The molecule has 0 saturated heterocycles. The van der Waals surface area contributed by atoms with E-state index >= 15 is 0 Å². The van der Waals surface area contributed by atoms with Crippen molar-refractivity contribution in [3.63, 3.8) is 0 Å². The number of nitrogens with two attached hydrogens (primary N) is 1. The first kappa shape index (κ1) is 10.3. The summed E-state index contributed by atoms with van der Waals surface area (Å²) in [4.78, 5) is 3.48. The fourth-order valence-electron chi connectivity index (χ4n) is 0.994. The molecule has 0 aliphatic heterocycles. The van der Waals surface area contributed by atoms with Gasteiger partial charge >= 0.3 is 0 Å². The Balaban J connectivity index is 2.63. The average molecular weight is 194 g/mol. The number of thiophene rings is 1. The van der Waals surface area contributed by atoms with E-state index in [1.165, 1.54) is 4.88 Å². The minimum Gasteiger partial charge on any atom is -0.320 e. The van der Waals surface area contributed by atoms with Gasteiger partial charge in [-0.05, 0) is 20.2 Å². The minimum atomic E-state index is 0.429. The summed E-state index contributed by atoms with van der Waals surface area (Å²) in [6.07, 6.45) is 0. The second-order valence-corrected chi connectivity index (χ2v) is 4.04. The minimum absolute atomic E-state index is 0.429. The highest BCUT2D eigenvalue weighted by Gasteiger charge is 1.98. The third-order valence-electron chi connectivity index (χ3n) is 1.46. The summed E-state index contributed by atoms with van der Waals surface area (Å²) in [6, 6.07) is 2.12. The first-order chi connectivity index (χ1) is 6.22. The molecule has 70 valence electrons. The molecule has 0 spiro atoms. The van der Waals surface area contributed by atoms with E-state index in [-0.39, 0.29) is 0 Å². The van der Waals surface area contributed by atoms with Crippen molar-refractivity contribution in [3.05, 3.63) is 21.9 Å². The normalized spacial score (nSPS) is 9.85. The van der Waals surface area contributed by atoms with Gasteiger partial charge in [0, 0.05) is 22.4 Å². The van der Waals surface area contributed by atoms with Crippen molar-refractivity contribution in [3.8, 4) is 11.8 Å². The first-order valence-electron chi connectivity index (χ1n) is 4.13. The summed E-state index contributed by atoms with van der Waals surface area (Å²) in [6.45, 7) is 1.41. The van der Waals surface area contributed by atoms with E-state index in [1.807, 2.05) is 0 Å². The van der Waals surface area contributed by atoms with Crippen molar-refractivity contribution in [1.29, 1.82) is 0 Å². The predicted octanol–water partition coefficient (Wildman–Crippen LogP) is 1.12. The smallest absolute Gasteiger partial charge is 0.0555 e. The fourth-order valence-corrected chi connectivity index (χ4v) is 1.93. The van der Waals surface area contributed by atoms with Crippen LogP contribution in [-0.2, 0) is 6.54 Å². The van der Waals surface area contributed by atoms with E-state index < -0.39 is 0 Å². The average Bonchev–Trinajstić information content (AvgIpc) is 2.48. The van der Waals surface area contributed by atoms with E-state index in [1.54, 1.807) is 11.3 Å². The standard InChI is InChI=1S/C10H14N2S/c1-12(2)7-10-6-9(8-13-10)4-3-5-11/h6,8H,5,7,11H2,1-2H3. The van der Waals surface area contributed by atoms with Gasteiger partial charge in [0.05, 0.1) is 6.54 Å². The summed E-state index contributed by atoms with van der Waals surface area (Å²) < 4.78 is 0. The van der Waals surface area contributed by atoms with Crippen LogP contribution in [0.3, 0.4) is 0 Å². The largest absolute Gasteiger partial charge is 0.320 e. The van der Waals surface area contributed by atoms with Crippen LogP contribution in [-0.4, -0.2) is 25.5 Å². The van der Waals surface area contributed by atoms with Gasteiger partial charge in [0.2, 0.25) is 0 Å². The Hall–Kier alpha value is -0.820. The molecule has 2 nitrogen and oxygen atoms in total. The Labute approximate surface area is 83.4 Å². The second-order valence-electron chi connectivity index (χ2n) is 3.05. The van der Waals surface area contributed by atoms with Crippen LogP contribution < -0.4 is 5.73 Å². The number of nitrogens with zero attached hydrogens (tertiary/aromatic N) is 1. The lowest BCUT2D eigenvalue weighted by Crippen LogP contribution is -2.09. The van der Waals surface area contributed by atoms with Gasteiger partial charge in [-0.1, -0.05) is 11.8 Å². The van der Waals surface area contributed by atoms with E-state index in [2.05, 4.69) is 42.3 Å². The monoisotopic (exact) mass is 194 g/mol. The highest BCUT2D eigenvalue weighted by atomic mass is 32.1. The van der Waals surface area contributed by atoms with Gasteiger partial charge in [-0.25, -0.2) is 0 Å². The van der Waals surface area contributed by atoms with Gasteiger partial charge < -0.3 is 10.6 Å². The van der Waals surface area contributed by atoms with Crippen LogP contribution >= 0.6 is 11.3 Å². The zero-order valence-corrected chi connectivity index (χ0v) is 8.82. The summed E-state index contributed by atoms with van der Waals surface area (Å²) in [7, 11) is 4.12. The maximum atomic E-state index is 5.29. The Bertz CT molecular complexity index is 317. The first-order valence-corrected chi connectivity index (χ1v) is 5.01. The van der Waals surface area contributed by atoms with Gasteiger partial charge in [-0.15, -0.1) is 11.3 Å². The van der Waals surface area contributed by atoms with Gasteiger partial charge in [0.25, 0.3) is 0 Å². The molecule has 0 atom stereocenters. The molecule has 0 bridgehead atoms. The third-order valence-corrected chi connectivity index (χ3v) is 2.38. The molecular weight excluding hydrogens is 180 g/mol. The molecule has 0 fully saturated rings. The lowest BCUT2D eigenvalue weighted by molar-refractivity contribution is 0.406. The molecule has 1 aromatic rings. The van der Waals surface area contributed by atoms with E-state index in [9.17, 15) is 0 Å². The van der Waals surface area contributed by atoms with Crippen LogP contribution in [0, 0.1) is 11.8 Å². The van der Waals surface area contributed by atoms with Crippen LogP contribution in [0.15, 0.2) is 11.4 Å². The van der Waals surface area contributed by atoms with Crippen LogP contribution in [0.5, 0.6) is 0 Å². The molecule has 0 amide bonds. The second kappa shape index (κ2) is 5.03. The van der Waals surface area contributed by atoms with Crippen molar-refractivity contribution in [2.24, 2.45) is 5.73 Å². The van der Waals surface area contributed by atoms with Crippen LogP contribution in [0.4, 0.5) is 0 Å². The van der Waals surface area contributed by atoms with Gasteiger partial charge in [0.15, 0.2) is 0 Å². The quantitative estimate of drug-likeness (QED) is 0.715. The van der Waals surface area contributed by atoms with Crippen molar-refractivity contribution in [2.45, 2.75) is 6.54 Å². The molecule has 2 N–H and O–H groups in total. The van der Waals surface area contributed by atoms with Crippen molar-refractivity contribution >= 4 is 11.3 Å². The van der Waals surface area contributed by atoms with Gasteiger partial charge in [-0.3, -0.25) is 0 Å². The molecular formula is C10H14N2S. The number of rotatable bonds is 2. The van der Waals surface area contributed by atoms with Crippen molar-refractivity contribution in [1.82, 2.24) is 4.90 Å². The maximum absolute atomic E-state index is 5.29. The predicted molar refractivity (Wildman–Crippen MR) is 57.6 cm³/mol. The zero-order chi connectivity index (χ0) is 9.68. The topological polar surface area (TPSA) is 29.3 Å². The summed E-state index contributed by atoms with van der Waals surface area (Å²) in [5.41, 5.74) is 6.36. The van der Waals surface area contributed by atoms with Crippen LogP contribution in [0.1, 0.15) is 10.4 Å². The highest BCUT2D eigenvalue weighted by Crippen LogP contribution is 2.14. The van der Waals surface area contributed by atoms with E-state index in [0.717, 1.165) is 12.1 Å². The maximum Gasteiger partial charge on any atom is 0.0555 e. The molecule has 0 aromatic carbocycles. The highest BCUT2D eigenvalue weighted by molar-refractivity contribution is 7.10. The van der Waals surface area contributed by atoms with E-state index in [0.29, 0.717) is 6.54 Å². The van der Waals surface area contributed by atoms with E-state index in [4.69, 9.17) is 5.73 Å². The molecule has 13 heavy (non-hydrogen) atoms. The Kier molecular flexibility index (Phi) is 3.97. The fraction of sp³-hybridized carbons (Fsp3) is 0.400. The molecule has 0 aliphatic rings. The Morgan fingerprint density at radius 2 is 2.31 bits per heavy atom. The van der Waals surface area contributed by atoms with Crippen LogP contribution in [0.2, 0.25) is 0 Å². The number of hydrogen-bond donors (Lipinski definition) is 1. The molecule has 0 saturated carbocycles. The molecule has 0 aliphatic carbocycles. The van der Waals surface area contributed by atoms with Crippen LogP contribution in [0.25, 0.3) is 0 Å². The summed E-state index contributed by atoms with van der Waals surface area (Å²) >= 11 is 1.74. The lowest BCUT2D eigenvalue weighted by Gasteiger charge is -2.05. The zero-order valence-electron chi connectivity index (χ0n) is 8.00. The van der Waals surface area contributed by atoms with Crippen molar-refractivity contribution in [2.75, 3.05) is 20.6 Å². The lowest BCUT2D eigenvalue weighted by atomic mass is 10.3. The van der Waals surface area contributed by atoms with Gasteiger partial charge in [-0.2, -0.15) is 0 Å². The third kappa shape index (κ3) is 3.60. The molecule has 0 radical (unpaired) electrons. The van der Waals surface area contributed by atoms with Gasteiger partial charge in [0.1, 0.15) is 0 Å². The Morgan fingerprint density at radius 1 is 1.54 bits per heavy atom. The summed E-state index contributed by atoms with van der Waals surface area (Å²) in [5, 5.41) is 2.07. The number of hydrogen-bond acceptors (Lipinski definition) is 3.